The molecule has 31 heavy (non-hydrogen) atoms. The third kappa shape index (κ3) is 5.60. The summed E-state index contributed by atoms with van der Waals surface area (Å²) in [7, 11) is 1.46. The van der Waals surface area contributed by atoms with E-state index in [1.165, 1.54) is 25.7 Å². The number of methoxy groups -OCH3 is 1. The fraction of sp³-hybridized carbons (Fsp3) is 0.208. The van der Waals surface area contributed by atoms with Crippen molar-refractivity contribution in [1.82, 2.24) is 5.43 Å². The molecule has 0 aliphatic rings. The van der Waals surface area contributed by atoms with Crippen LogP contribution in [0.3, 0.4) is 0 Å². The first-order valence-electron chi connectivity index (χ1n) is 9.65. The molecule has 7 nitrogen and oxygen atoms in total. The third-order valence-electron chi connectivity index (χ3n) is 4.51. The van der Waals surface area contributed by atoms with Gasteiger partial charge in [-0.25, -0.2) is 10.2 Å². The maximum absolute atomic E-state index is 12.3. The Morgan fingerprint density at radius 1 is 1.03 bits per heavy atom. The molecule has 1 amide bonds. The Labute approximate surface area is 180 Å². The average molecular weight is 420 g/mol. The molecular formula is C24H24N2O5. The zero-order valence-corrected chi connectivity index (χ0v) is 17.8. The number of furan rings is 1. The van der Waals surface area contributed by atoms with Gasteiger partial charge in [-0.3, -0.25) is 4.79 Å². The van der Waals surface area contributed by atoms with Crippen LogP contribution in [0.15, 0.2) is 70.4 Å². The van der Waals surface area contributed by atoms with E-state index in [1.54, 1.807) is 36.4 Å². The van der Waals surface area contributed by atoms with Gasteiger partial charge in [0.2, 0.25) is 5.76 Å². The van der Waals surface area contributed by atoms with Gasteiger partial charge >= 0.3 is 5.97 Å². The molecule has 0 radical (unpaired) electrons. The first kappa shape index (κ1) is 21.8. The number of ether oxygens (including phenoxy) is 2. The molecule has 0 aliphatic carbocycles. The number of amides is 1. The Hall–Kier alpha value is -3.87. The third-order valence-corrected chi connectivity index (χ3v) is 4.51. The number of rotatable bonds is 6. The zero-order chi connectivity index (χ0) is 22.4. The highest BCUT2D eigenvalue weighted by Crippen LogP contribution is 2.28. The lowest BCUT2D eigenvalue weighted by Gasteiger charge is -2.18. The minimum absolute atomic E-state index is 0.0185. The van der Waals surface area contributed by atoms with Gasteiger partial charge in [0.05, 0.1) is 19.6 Å². The lowest BCUT2D eigenvalue weighted by atomic mass is 9.87. The highest BCUT2D eigenvalue weighted by molar-refractivity contribution is 5.95. The van der Waals surface area contributed by atoms with Gasteiger partial charge in [-0.1, -0.05) is 32.9 Å². The minimum Gasteiger partial charge on any atom is -0.493 e. The van der Waals surface area contributed by atoms with Crippen molar-refractivity contribution < 1.29 is 23.5 Å². The SMILES string of the molecule is COc1cc(C=NNC(=O)c2ccc(C(C)(C)C)cc2)ccc1OC(=O)c1ccco1. The molecule has 0 atom stereocenters. The molecule has 0 aliphatic heterocycles. The van der Waals surface area contributed by atoms with Gasteiger partial charge in [0, 0.05) is 5.56 Å². The summed E-state index contributed by atoms with van der Waals surface area (Å²) in [4.78, 5) is 24.3. The van der Waals surface area contributed by atoms with Gasteiger partial charge in [0.15, 0.2) is 11.5 Å². The molecule has 0 unspecified atom stereocenters. The van der Waals surface area contributed by atoms with E-state index < -0.39 is 5.97 Å². The Balaban J connectivity index is 1.64. The zero-order valence-electron chi connectivity index (χ0n) is 17.8. The predicted molar refractivity (Wildman–Crippen MR) is 117 cm³/mol. The van der Waals surface area contributed by atoms with Crippen LogP contribution in [0.2, 0.25) is 0 Å². The number of hydrogen-bond donors (Lipinski definition) is 1. The molecule has 2 aromatic carbocycles. The molecule has 0 saturated carbocycles. The van der Waals surface area contributed by atoms with E-state index in [2.05, 4.69) is 31.3 Å². The van der Waals surface area contributed by atoms with Crippen LogP contribution in [0.5, 0.6) is 11.5 Å². The molecule has 0 spiro atoms. The number of benzene rings is 2. The van der Waals surface area contributed by atoms with E-state index in [0.717, 1.165) is 5.56 Å². The Kier molecular flexibility index (Phi) is 6.55. The topological polar surface area (TPSA) is 90.1 Å². The second-order valence-electron chi connectivity index (χ2n) is 7.80. The van der Waals surface area contributed by atoms with Crippen molar-refractivity contribution in [2.45, 2.75) is 26.2 Å². The van der Waals surface area contributed by atoms with E-state index in [0.29, 0.717) is 16.9 Å². The maximum Gasteiger partial charge on any atom is 0.379 e. The summed E-state index contributed by atoms with van der Waals surface area (Å²) < 4.78 is 15.6. The number of hydrazone groups is 1. The number of carbonyl (C=O) groups excluding carboxylic acids is 2. The fourth-order valence-corrected chi connectivity index (χ4v) is 2.75. The van der Waals surface area contributed by atoms with E-state index >= 15 is 0 Å². The monoisotopic (exact) mass is 420 g/mol. The molecule has 160 valence electrons. The lowest BCUT2D eigenvalue weighted by molar-refractivity contribution is 0.0696. The molecular weight excluding hydrogens is 396 g/mol. The molecule has 3 aromatic rings. The number of hydrogen-bond acceptors (Lipinski definition) is 6. The van der Waals surface area contributed by atoms with Crippen molar-refractivity contribution in [3.05, 3.63) is 83.3 Å². The largest absolute Gasteiger partial charge is 0.493 e. The smallest absolute Gasteiger partial charge is 0.379 e. The van der Waals surface area contributed by atoms with Crippen molar-refractivity contribution in [1.29, 1.82) is 0 Å². The second-order valence-corrected chi connectivity index (χ2v) is 7.80. The van der Waals surface area contributed by atoms with Gasteiger partial charge in [-0.05, 0) is 59.0 Å². The van der Waals surface area contributed by atoms with Crippen LogP contribution in [0.25, 0.3) is 0 Å². The highest BCUT2D eigenvalue weighted by Gasteiger charge is 2.15. The molecule has 1 N–H and O–H groups in total. The predicted octanol–water partition coefficient (Wildman–Crippen LogP) is 4.57. The van der Waals surface area contributed by atoms with Crippen molar-refractivity contribution >= 4 is 18.1 Å². The van der Waals surface area contributed by atoms with E-state index in [1.807, 2.05) is 12.1 Å². The molecule has 0 bridgehead atoms. The van der Waals surface area contributed by atoms with Crippen LogP contribution >= 0.6 is 0 Å². The number of esters is 1. The van der Waals surface area contributed by atoms with Gasteiger partial charge in [-0.2, -0.15) is 5.10 Å². The van der Waals surface area contributed by atoms with Crippen LogP contribution < -0.4 is 14.9 Å². The summed E-state index contributed by atoms with van der Waals surface area (Å²) >= 11 is 0. The first-order valence-corrected chi connectivity index (χ1v) is 9.65. The maximum atomic E-state index is 12.3. The Morgan fingerprint density at radius 2 is 1.77 bits per heavy atom. The van der Waals surface area contributed by atoms with Crippen molar-refractivity contribution in [3.63, 3.8) is 0 Å². The molecule has 1 aromatic heterocycles. The van der Waals surface area contributed by atoms with Crippen molar-refractivity contribution in [3.8, 4) is 11.5 Å². The van der Waals surface area contributed by atoms with Gasteiger partial charge < -0.3 is 13.9 Å². The summed E-state index contributed by atoms with van der Waals surface area (Å²) in [5, 5.41) is 3.99. The highest BCUT2D eigenvalue weighted by atomic mass is 16.6. The van der Waals surface area contributed by atoms with E-state index in [9.17, 15) is 9.59 Å². The van der Waals surface area contributed by atoms with E-state index in [-0.39, 0.29) is 22.8 Å². The molecule has 7 heteroatoms. The fourth-order valence-electron chi connectivity index (χ4n) is 2.75. The van der Waals surface area contributed by atoms with Crippen molar-refractivity contribution in [2.75, 3.05) is 7.11 Å². The number of nitrogens with zero attached hydrogens (tertiary/aromatic N) is 1. The van der Waals surface area contributed by atoms with E-state index in [4.69, 9.17) is 13.9 Å². The summed E-state index contributed by atoms with van der Waals surface area (Å²) in [6.07, 6.45) is 2.86. The molecule has 1 heterocycles. The summed E-state index contributed by atoms with van der Waals surface area (Å²) in [5.41, 5.74) is 4.83. The Morgan fingerprint density at radius 3 is 2.39 bits per heavy atom. The normalized spacial score (nSPS) is 11.4. The summed E-state index contributed by atoms with van der Waals surface area (Å²) in [6, 6.07) is 15.4. The standard InChI is InChI=1S/C24H24N2O5/c1-24(2,3)18-10-8-17(9-11-18)22(27)26-25-15-16-7-12-19(21(14-16)29-4)31-23(28)20-6-5-13-30-20/h5-15H,1-4H3,(H,26,27). The number of carbonyl (C=O) groups is 2. The molecule has 0 saturated heterocycles. The number of nitrogens with one attached hydrogen (secondary N) is 1. The van der Waals surface area contributed by atoms with Crippen LogP contribution in [-0.2, 0) is 5.41 Å². The molecule has 0 fully saturated rings. The van der Waals surface area contributed by atoms with Gasteiger partial charge in [0.1, 0.15) is 0 Å². The molecule has 3 rings (SSSR count). The average Bonchev–Trinajstić information content (AvgIpc) is 3.29. The van der Waals surface area contributed by atoms with Crippen LogP contribution in [0, 0.1) is 0 Å². The van der Waals surface area contributed by atoms with Gasteiger partial charge in [-0.15, -0.1) is 0 Å². The van der Waals surface area contributed by atoms with Crippen LogP contribution in [0.4, 0.5) is 0 Å². The quantitative estimate of drug-likeness (QED) is 0.273. The minimum atomic E-state index is -0.630. The van der Waals surface area contributed by atoms with Crippen LogP contribution in [0.1, 0.15) is 52.8 Å². The lowest BCUT2D eigenvalue weighted by Crippen LogP contribution is -2.18. The summed E-state index contributed by atoms with van der Waals surface area (Å²) in [6.45, 7) is 6.34. The van der Waals surface area contributed by atoms with Crippen molar-refractivity contribution in [2.24, 2.45) is 5.10 Å². The Bertz CT molecular complexity index is 1080. The van der Waals surface area contributed by atoms with Gasteiger partial charge in [0.25, 0.3) is 5.91 Å². The first-order chi connectivity index (χ1) is 14.8. The van der Waals surface area contributed by atoms with Crippen LogP contribution in [-0.4, -0.2) is 25.2 Å². The second kappa shape index (κ2) is 9.30. The summed E-state index contributed by atoms with van der Waals surface area (Å²) in [5.74, 6) is -0.273.